The molecule has 3 rings (SSSR count). The van der Waals surface area contributed by atoms with Gasteiger partial charge in [0.05, 0.1) is 16.3 Å². The largest absolute Gasteiger partial charge is 0.325 e. The fourth-order valence-corrected chi connectivity index (χ4v) is 4.28. The van der Waals surface area contributed by atoms with Crippen LogP contribution in [0.25, 0.3) is 11.0 Å². The number of Topliss-reactive ketones (excluding diaryl/α,β-unsaturated/α-hetero) is 1. The fourth-order valence-electron chi connectivity index (χ4n) is 3.33. The van der Waals surface area contributed by atoms with E-state index in [2.05, 4.69) is 22.9 Å². The van der Waals surface area contributed by atoms with Crippen LogP contribution in [0, 0.1) is 0 Å². The Hall–Kier alpha value is -2.60. The number of aromatic nitrogens is 2. The number of aryl methyl sites for hydroxylation is 1. The number of hydrogen-bond donors (Lipinski definition) is 1. The maximum absolute atomic E-state index is 12.8. The van der Waals surface area contributed by atoms with Crippen LogP contribution < -0.4 is 5.32 Å². The van der Waals surface area contributed by atoms with E-state index in [1.54, 1.807) is 24.3 Å². The zero-order valence-corrected chi connectivity index (χ0v) is 18.7. The highest BCUT2D eigenvalue weighted by molar-refractivity contribution is 8.00. The van der Waals surface area contributed by atoms with Crippen molar-refractivity contribution >= 4 is 40.2 Å². The minimum atomic E-state index is -0.322. The number of amides is 1. The Labute approximate surface area is 182 Å². The number of anilines is 1. The highest BCUT2D eigenvalue weighted by Gasteiger charge is 2.19. The molecule has 0 saturated carbocycles. The molecule has 0 spiro atoms. The van der Waals surface area contributed by atoms with Crippen LogP contribution in [0.4, 0.5) is 5.69 Å². The number of fused-ring (bicyclic) bond motifs is 1. The lowest BCUT2D eigenvalue weighted by atomic mass is 10.1. The van der Waals surface area contributed by atoms with Gasteiger partial charge in [-0.05, 0) is 44.5 Å². The molecule has 1 N–H and O–H groups in total. The van der Waals surface area contributed by atoms with Gasteiger partial charge in [-0.25, -0.2) is 4.98 Å². The molecule has 2 aromatic carbocycles. The number of nitrogens with one attached hydrogen (secondary N) is 1. The molecule has 3 aromatic rings. The smallest absolute Gasteiger partial charge is 0.237 e. The lowest BCUT2D eigenvalue weighted by molar-refractivity contribution is -0.115. The molecule has 1 aromatic heterocycles. The molecular weight excluding hydrogens is 394 g/mol. The van der Waals surface area contributed by atoms with Crippen LogP contribution in [-0.4, -0.2) is 26.5 Å². The van der Waals surface area contributed by atoms with Crippen molar-refractivity contribution in [2.24, 2.45) is 0 Å². The number of unbranched alkanes of at least 4 members (excludes halogenated alkanes) is 3. The molecule has 0 aliphatic heterocycles. The fraction of sp³-hybridized carbons (Fsp3) is 0.375. The van der Waals surface area contributed by atoms with E-state index < -0.39 is 0 Å². The zero-order valence-electron chi connectivity index (χ0n) is 17.9. The molecule has 1 heterocycles. The van der Waals surface area contributed by atoms with Crippen molar-refractivity contribution in [2.45, 2.75) is 63.4 Å². The summed E-state index contributed by atoms with van der Waals surface area (Å²) in [5.41, 5.74) is 3.28. The summed E-state index contributed by atoms with van der Waals surface area (Å²) < 4.78 is 2.23. The lowest BCUT2D eigenvalue weighted by Crippen LogP contribution is -2.23. The number of ketones is 1. The predicted octanol–water partition coefficient (Wildman–Crippen LogP) is 5.94. The van der Waals surface area contributed by atoms with Gasteiger partial charge in [-0.2, -0.15) is 0 Å². The van der Waals surface area contributed by atoms with Gasteiger partial charge in [0.2, 0.25) is 5.91 Å². The molecule has 0 saturated heterocycles. The molecule has 6 heteroatoms. The number of carbonyl (C=O) groups excluding carboxylic acids is 2. The van der Waals surface area contributed by atoms with E-state index in [1.165, 1.54) is 37.9 Å². The van der Waals surface area contributed by atoms with E-state index >= 15 is 0 Å². The second-order valence-corrected chi connectivity index (χ2v) is 8.79. The number of hydrogen-bond acceptors (Lipinski definition) is 4. The maximum Gasteiger partial charge on any atom is 0.237 e. The monoisotopic (exact) mass is 423 g/mol. The summed E-state index contributed by atoms with van der Waals surface area (Å²) in [6, 6.07) is 15.1. The summed E-state index contributed by atoms with van der Waals surface area (Å²) in [6.07, 6.45) is 4.72. The highest BCUT2D eigenvalue weighted by atomic mass is 32.2. The Morgan fingerprint density at radius 1 is 1.10 bits per heavy atom. The molecule has 0 fully saturated rings. The van der Waals surface area contributed by atoms with Crippen molar-refractivity contribution in [2.75, 3.05) is 5.32 Å². The molecule has 158 valence electrons. The third-order valence-electron chi connectivity index (χ3n) is 5.04. The van der Waals surface area contributed by atoms with Gasteiger partial charge in [0, 0.05) is 17.8 Å². The Balaban J connectivity index is 1.73. The minimum absolute atomic E-state index is 0.0229. The van der Waals surface area contributed by atoms with Crippen molar-refractivity contribution in [1.29, 1.82) is 0 Å². The Morgan fingerprint density at radius 3 is 2.67 bits per heavy atom. The van der Waals surface area contributed by atoms with Gasteiger partial charge in [-0.3, -0.25) is 9.59 Å². The third-order valence-corrected chi connectivity index (χ3v) is 6.13. The summed E-state index contributed by atoms with van der Waals surface area (Å²) >= 11 is 1.47. The molecule has 5 nitrogen and oxygen atoms in total. The lowest BCUT2D eigenvalue weighted by Gasteiger charge is -2.14. The van der Waals surface area contributed by atoms with Gasteiger partial charge in [0.15, 0.2) is 10.9 Å². The van der Waals surface area contributed by atoms with Crippen LogP contribution in [0.15, 0.2) is 53.7 Å². The van der Waals surface area contributed by atoms with E-state index in [0.29, 0.717) is 11.3 Å². The van der Waals surface area contributed by atoms with Crippen molar-refractivity contribution in [3.63, 3.8) is 0 Å². The molecular formula is C24H29N3O2S. The SMILES string of the molecule is CCCCCCn1c(S[C@@H](C)C(=O)Nc2cccc(C(C)=O)c2)nc2ccccc21. The molecule has 0 aliphatic carbocycles. The van der Waals surface area contributed by atoms with E-state index in [9.17, 15) is 9.59 Å². The number of para-hydroxylation sites is 2. The van der Waals surface area contributed by atoms with Crippen LogP contribution in [0.3, 0.4) is 0 Å². The van der Waals surface area contributed by atoms with Crippen LogP contribution in [0.2, 0.25) is 0 Å². The number of imidazole rings is 1. The van der Waals surface area contributed by atoms with E-state index in [4.69, 9.17) is 4.98 Å². The first kappa shape index (κ1) is 22.1. The summed E-state index contributed by atoms with van der Waals surface area (Å²) in [5.74, 6) is -0.129. The third kappa shape index (κ3) is 5.51. The minimum Gasteiger partial charge on any atom is -0.325 e. The van der Waals surface area contributed by atoms with Crippen molar-refractivity contribution in [3.05, 3.63) is 54.1 Å². The molecule has 0 bridgehead atoms. The van der Waals surface area contributed by atoms with Gasteiger partial charge in [0.25, 0.3) is 0 Å². The summed E-state index contributed by atoms with van der Waals surface area (Å²) in [7, 11) is 0. The maximum atomic E-state index is 12.8. The average Bonchev–Trinajstić information content (AvgIpc) is 3.08. The number of rotatable bonds is 10. The van der Waals surface area contributed by atoms with Crippen molar-refractivity contribution in [1.82, 2.24) is 9.55 Å². The van der Waals surface area contributed by atoms with Gasteiger partial charge in [0.1, 0.15) is 0 Å². The summed E-state index contributed by atoms with van der Waals surface area (Å²) in [5, 5.41) is 3.47. The van der Waals surface area contributed by atoms with Crippen LogP contribution in [-0.2, 0) is 11.3 Å². The normalized spacial score (nSPS) is 12.1. The summed E-state index contributed by atoms with van der Waals surface area (Å²) in [6.45, 7) is 6.51. The second kappa shape index (κ2) is 10.4. The van der Waals surface area contributed by atoms with Crippen LogP contribution in [0.1, 0.15) is 56.8 Å². The predicted molar refractivity (Wildman–Crippen MR) is 124 cm³/mol. The zero-order chi connectivity index (χ0) is 21.5. The Kier molecular flexibility index (Phi) is 7.69. The van der Waals surface area contributed by atoms with Crippen LogP contribution >= 0.6 is 11.8 Å². The molecule has 30 heavy (non-hydrogen) atoms. The summed E-state index contributed by atoms with van der Waals surface area (Å²) in [4.78, 5) is 29.1. The number of nitrogens with zero attached hydrogens (tertiary/aromatic N) is 2. The topological polar surface area (TPSA) is 64.0 Å². The average molecular weight is 424 g/mol. The number of carbonyl (C=O) groups is 2. The highest BCUT2D eigenvalue weighted by Crippen LogP contribution is 2.28. The first-order chi connectivity index (χ1) is 14.5. The van der Waals surface area contributed by atoms with Gasteiger partial charge in [-0.1, -0.05) is 62.2 Å². The Morgan fingerprint density at radius 2 is 1.90 bits per heavy atom. The van der Waals surface area contributed by atoms with E-state index in [1.807, 2.05) is 25.1 Å². The van der Waals surface area contributed by atoms with Crippen molar-refractivity contribution < 1.29 is 9.59 Å². The quantitative estimate of drug-likeness (QED) is 0.249. The molecule has 1 amide bonds. The first-order valence-corrected chi connectivity index (χ1v) is 11.4. The Bertz CT molecular complexity index is 1030. The van der Waals surface area contributed by atoms with Gasteiger partial charge >= 0.3 is 0 Å². The molecule has 0 aliphatic rings. The standard InChI is InChI=1S/C24H29N3O2S/c1-4-5-6-9-15-27-22-14-8-7-13-21(22)26-24(27)30-18(3)23(29)25-20-12-10-11-19(16-20)17(2)28/h7-8,10-14,16,18H,4-6,9,15H2,1-3H3,(H,25,29)/t18-/m0/s1. The van der Waals surface area contributed by atoms with E-state index in [-0.39, 0.29) is 16.9 Å². The van der Waals surface area contributed by atoms with Gasteiger partial charge in [-0.15, -0.1) is 0 Å². The van der Waals surface area contributed by atoms with Gasteiger partial charge < -0.3 is 9.88 Å². The first-order valence-electron chi connectivity index (χ1n) is 10.5. The van der Waals surface area contributed by atoms with E-state index in [0.717, 1.165) is 29.2 Å². The van der Waals surface area contributed by atoms with Crippen molar-refractivity contribution in [3.8, 4) is 0 Å². The van der Waals surface area contributed by atoms with Crippen LogP contribution in [0.5, 0.6) is 0 Å². The number of benzene rings is 2. The second-order valence-electron chi connectivity index (χ2n) is 7.48. The molecule has 0 radical (unpaired) electrons. The molecule has 1 atom stereocenters. The number of thioether (sulfide) groups is 1. The molecule has 0 unspecified atom stereocenters.